The maximum atomic E-state index is 13.3. The molecule has 1 aromatic heterocycles. The molecule has 1 heterocycles. The van der Waals surface area contributed by atoms with Gasteiger partial charge in [0, 0.05) is 31.1 Å². The Hall–Kier alpha value is -2.02. The van der Waals surface area contributed by atoms with Gasteiger partial charge in [-0.1, -0.05) is 11.2 Å². The number of nitrogens with zero attached hydrogens (tertiary/aromatic N) is 2. The SMILES string of the molecule is NCCc1nnc(NCc2ccc(F)cc2F)o1. The van der Waals surface area contributed by atoms with Gasteiger partial charge in [0.1, 0.15) is 11.6 Å². The van der Waals surface area contributed by atoms with Gasteiger partial charge in [0.25, 0.3) is 0 Å². The number of hydrogen-bond donors (Lipinski definition) is 2. The Labute approximate surface area is 102 Å². The molecule has 1 aromatic carbocycles. The van der Waals surface area contributed by atoms with Crippen LogP contribution in [0.25, 0.3) is 0 Å². The van der Waals surface area contributed by atoms with Gasteiger partial charge in [-0.05, 0) is 6.07 Å². The van der Waals surface area contributed by atoms with E-state index in [0.29, 0.717) is 24.4 Å². The van der Waals surface area contributed by atoms with Crippen molar-refractivity contribution in [2.24, 2.45) is 5.73 Å². The van der Waals surface area contributed by atoms with Gasteiger partial charge in [0.05, 0.1) is 0 Å². The molecule has 0 aliphatic carbocycles. The quantitative estimate of drug-likeness (QED) is 0.844. The van der Waals surface area contributed by atoms with Crippen molar-refractivity contribution >= 4 is 6.01 Å². The van der Waals surface area contributed by atoms with Crippen molar-refractivity contribution in [1.82, 2.24) is 10.2 Å². The lowest BCUT2D eigenvalue weighted by molar-refractivity contribution is 0.505. The number of anilines is 1. The van der Waals surface area contributed by atoms with Crippen LogP contribution in [0.3, 0.4) is 0 Å². The van der Waals surface area contributed by atoms with Gasteiger partial charge in [-0.25, -0.2) is 8.78 Å². The molecular weight excluding hydrogens is 242 g/mol. The van der Waals surface area contributed by atoms with E-state index in [1.807, 2.05) is 0 Å². The zero-order chi connectivity index (χ0) is 13.0. The fourth-order valence-electron chi connectivity index (χ4n) is 1.39. The van der Waals surface area contributed by atoms with E-state index < -0.39 is 11.6 Å². The van der Waals surface area contributed by atoms with Crippen LogP contribution in [0.4, 0.5) is 14.8 Å². The van der Waals surface area contributed by atoms with Crippen molar-refractivity contribution in [1.29, 1.82) is 0 Å². The summed E-state index contributed by atoms with van der Waals surface area (Å²) in [7, 11) is 0. The van der Waals surface area contributed by atoms with Crippen LogP contribution < -0.4 is 11.1 Å². The highest BCUT2D eigenvalue weighted by Crippen LogP contribution is 2.12. The second-order valence-electron chi connectivity index (χ2n) is 3.63. The molecule has 0 aliphatic rings. The van der Waals surface area contributed by atoms with Gasteiger partial charge in [0.2, 0.25) is 5.89 Å². The second kappa shape index (κ2) is 5.54. The fourth-order valence-corrected chi connectivity index (χ4v) is 1.39. The van der Waals surface area contributed by atoms with Gasteiger partial charge < -0.3 is 15.5 Å². The second-order valence-corrected chi connectivity index (χ2v) is 3.63. The number of benzene rings is 1. The zero-order valence-corrected chi connectivity index (χ0v) is 9.49. The largest absolute Gasteiger partial charge is 0.408 e. The minimum atomic E-state index is -0.621. The third-order valence-electron chi connectivity index (χ3n) is 2.27. The van der Waals surface area contributed by atoms with E-state index in [4.69, 9.17) is 10.2 Å². The van der Waals surface area contributed by atoms with Crippen molar-refractivity contribution in [3.63, 3.8) is 0 Å². The highest BCUT2D eigenvalue weighted by molar-refractivity contribution is 5.25. The molecule has 0 atom stereocenters. The van der Waals surface area contributed by atoms with Crippen LogP contribution in [0.15, 0.2) is 22.6 Å². The molecule has 0 bridgehead atoms. The van der Waals surface area contributed by atoms with Gasteiger partial charge >= 0.3 is 6.01 Å². The number of halogens is 2. The first-order valence-electron chi connectivity index (χ1n) is 5.39. The Kier molecular flexibility index (Phi) is 3.83. The van der Waals surface area contributed by atoms with Crippen LogP contribution in [0.2, 0.25) is 0 Å². The molecule has 3 N–H and O–H groups in total. The normalized spacial score (nSPS) is 10.6. The standard InChI is InChI=1S/C11H12F2N4O/c12-8-2-1-7(9(13)5-8)6-15-11-17-16-10(18-11)3-4-14/h1-2,5H,3-4,6,14H2,(H,15,17). The first-order chi connectivity index (χ1) is 8.69. The summed E-state index contributed by atoms with van der Waals surface area (Å²) in [5.74, 6) is -0.817. The van der Waals surface area contributed by atoms with Gasteiger partial charge in [0.15, 0.2) is 0 Å². The zero-order valence-electron chi connectivity index (χ0n) is 9.49. The van der Waals surface area contributed by atoms with E-state index in [0.717, 1.165) is 6.07 Å². The molecule has 7 heteroatoms. The van der Waals surface area contributed by atoms with Crippen LogP contribution in [0, 0.1) is 11.6 Å². The van der Waals surface area contributed by atoms with Gasteiger partial charge in [-0.15, -0.1) is 5.10 Å². The Morgan fingerprint density at radius 3 is 2.83 bits per heavy atom. The molecule has 0 saturated carbocycles. The highest BCUT2D eigenvalue weighted by Gasteiger charge is 2.07. The fraction of sp³-hybridized carbons (Fsp3) is 0.273. The number of aromatic nitrogens is 2. The molecule has 5 nitrogen and oxygen atoms in total. The third-order valence-corrected chi connectivity index (χ3v) is 2.27. The summed E-state index contributed by atoms with van der Waals surface area (Å²) in [6.45, 7) is 0.546. The summed E-state index contributed by atoms with van der Waals surface area (Å²) < 4.78 is 31.2. The van der Waals surface area contributed by atoms with E-state index in [1.165, 1.54) is 12.1 Å². The molecule has 0 fully saturated rings. The lowest BCUT2D eigenvalue weighted by atomic mass is 10.2. The number of nitrogens with two attached hydrogens (primary N) is 1. The average molecular weight is 254 g/mol. The van der Waals surface area contributed by atoms with E-state index >= 15 is 0 Å². The van der Waals surface area contributed by atoms with E-state index in [1.54, 1.807) is 0 Å². The number of rotatable bonds is 5. The van der Waals surface area contributed by atoms with Crippen molar-refractivity contribution in [2.75, 3.05) is 11.9 Å². The Bertz CT molecular complexity index is 530. The van der Waals surface area contributed by atoms with Crippen LogP contribution in [-0.2, 0) is 13.0 Å². The Balaban J connectivity index is 1.97. The maximum Gasteiger partial charge on any atom is 0.315 e. The molecule has 0 radical (unpaired) electrons. The van der Waals surface area contributed by atoms with E-state index in [-0.39, 0.29) is 12.6 Å². The first-order valence-corrected chi connectivity index (χ1v) is 5.39. The minimum Gasteiger partial charge on any atom is -0.408 e. The molecule has 0 unspecified atom stereocenters. The molecule has 2 rings (SSSR count). The van der Waals surface area contributed by atoms with Gasteiger partial charge in [-0.2, -0.15) is 0 Å². The summed E-state index contributed by atoms with van der Waals surface area (Å²) >= 11 is 0. The van der Waals surface area contributed by atoms with Crippen LogP contribution in [0.5, 0.6) is 0 Å². The summed E-state index contributed by atoms with van der Waals surface area (Å²) in [4.78, 5) is 0. The predicted octanol–water partition coefficient (Wildman–Crippen LogP) is 1.46. The summed E-state index contributed by atoms with van der Waals surface area (Å²) in [5, 5.41) is 10.2. The van der Waals surface area contributed by atoms with E-state index in [2.05, 4.69) is 15.5 Å². The molecular formula is C11H12F2N4O. The Morgan fingerprint density at radius 1 is 1.28 bits per heavy atom. The lowest BCUT2D eigenvalue weighted by Crippen LogP contribution is -2.03. The van der Waals surface area contributed by atoms with Crippen LogP contribution >= 0.6 is 0 Å². The first kappa shape index (κ1) is 12.4. The third kappa shape index (κ3) is 3.01. The molecule has 0 saturated heterocycles. The van der Waals surface area contributed by atoms with E-state index in [9.17, 15) is 8.78 Å². The maximum absolute atomic E-state index is 13.3. The minimum absolute atomic E-state index is 0.135. The Morgan fingerprint density at radius 2 is 2.11 bits per heavy atom. The van der Waals surface area contributed by atoms with Crippen molar-refractivity contribution in [3.05, 3.63) is 41.3 Å². The molecule has 0 amide bonds. The summed E-state index contributed by atoms with van der Waals surface area (Å²) in [5.41, 5.74) is 5.65. The van der Waals surface area contributed by atoms with Crippen molar-refractivity contribution < 1.29 is 13.2 Å². The average Bonchev–Trinajstić information content (AvgIpc) is 2.76. The predicted molar refractivity (Wildman–Crippen MR) is 60.7 cm³/mol. The molecule has 0 spiro atoms. The smallest absolute Gasteiger partial charge is 0.315 e. The summed E-state index contributed by atoms with van der Waals surface area (Å²) in [6.07, 6.45) is 0.486. The topological polar surface area (TPSA) is 77.0 Å². The molecule has 2 aromatic rings. The van der Waals surface area contributed by atoms with Crippen LogP contribution in [-0.4, -0.2) is 16.7 Å². The lowest BCUT2D eigenvalue weighted by Gasteiger charge is -2.03. The monoisotopic (exact) mass is 254 g/mol. The molecule has 96 valence electrons. The van der Waals surface area contributed by atoms with Gasteiger partial charge in [-0.3, -0.25) is 0 Å². The van der Waals surface area contributed by atoms with Crippen molar-refractivity contribution in [2.45, 2.75) is 13.0 Å². The number of hydrogen-bond acceptors (Lipinski definition) is 5. The van der Waals surface area contributed by atoms with Crippen LogP contribution in [0.1, 0.15) is 11.5 Å². The molecule has 0 aliphatic heterocycles. The number of nitrogens with one attached hydrogen (secondary N) is 1. The highest BCUT2D eigenvalue weighted by atomic mass is 19.1. The summed E-state index contributed by atoms with van der Waals surface area (Å²) in [6, 6.07) is 3.55. The van der Waals surface area contributed by atoms with Crippen molar-refractivity contribution in [3.8, 4) is 0 Å². The molecule has 18 heavy (non-hydrogen) atoms.